The molecule has 0 amide bonds. The zero-order valence-electron chi connectivity index (χ0n) is 8.17. The van der Waals surface area contributed by atoms with Gasteiger partial charge in [0.15, 0.2) is 0 Å². The van der Waals surface area contributed by atoms with Crippen molar-refractivity contribution in [3.8, 4) is 0 Å². The Kier molecular flexibility index (Phi) is 3.39. The third-order valence-corrected chi connectivity index (χ3v) is 4.06. The van der Waals surface area contributed by atoms with Gasteiger partial charge in [0.05, 0.1) is 0 Å². The molecule has 0 atom stereocenters. The minimum Gasteiger partial charge on any atom is -0.347 e. The first kappa shape index (κ1) is 12.1. The molecule has 3 nitrogen and oxygen atoms in total. The van der Waals surface area contributed by atoms with Gasteiger partial charge in [0, 0.05) is 29.4 Å². The van der Waals surface area contributed by atoms with Crippen LogP contribution in [0.15, 0.2) is 0 Å². The fourth-order valence-corrected chi connectivity index (χ4v) is 2.65. The summed E-state index contributed by atoms with van der Waals surface area (Å²) >= 11 is 4.30. The average molecular weight is 316 g/mol. The van der Waals surface area contributed by atoms with E-state index in [4.69, 9.17) is 0 Å². The topological polar surface area (TPSA) is 29.0 Å². The van der Waals surface area contributed by atoms with E-state index < -0.39 is 12.0 Å². The predicted molar refractivity (Wildman–Crippen MR) is 59.1 cm³/mol. The van der Waals surface area contributed by atoms with Crippen LogP contribution in [0.1, 0.15) is 18.7 Å². The second-order valence-electron chi connectivity index (χ2n) is 3.56. The maximum Gasteiger partial charge on any atom is 0.452 e. The first-order chi connectivity index (χ1) is 7.47. The predicted octanol–water partition coefficient (Wildman–Crippen LogP) is 2.92. The van der Waals surface area contributed by atoms with Gasteiger partial charge >= 0.3 is 6.18 Å². The van der Waals surface area contributed by atoms with Crippen molar-refractivity contribution >= 4 is 32.6 Å². The number of piperidine rings is 1. The van der Waals surface area contributed by atoms with Crippen molar-refractivity contribution in [2.45, 2.75) is 23.8 Å². The Morgan fingerprint density at radius 2 is 1.94 bits per heavy atom. The molecule has 0 saturated carbocycles. The van der Waals surface area contributed by atoms with Crippen molar-refractivity contribution < 1.29 is 13.2 Å². The molecular weight excluding hydrogens is 307 g/mol. The van der Waals surface area contributed by atoms with E-state index >= 15 is 0 Å². The molecule has 1 aromatic rings. The Morgan fingerprint density at radius 3 is 2.44 bits per heavy atom. The lowest BCUT2D eigenvalue weighted by Gasteiger charge is -2.28. The van der Waals surface area contributed by atoms with Crippen molar-refractivity contribution in [2.75, 3.05) is 18.0 Å². The van der Waals surface area contributed by atoms with Crippen LogP contribution in [-0.4, -0.2) is 27.3 Å². The lowest BCUT2D eigenvalue weighted by atomic mass is 10.1. The third kappa shape index (κ3) is 2.65. The van der Waals surface area contributed by atoms with Crippen molar-refractivity contribution in [1.82, 2.24) is 9.36 Å². The molecule has 0 aromatic carbocycles. The smallest absolute Gasteiger partial charge is 0.347 e. The van der Waals surface area contributed by atoms with Gasteiger partial charge in [-0.05, 0) is 12.8 Å². The monoisotopic (exact) mass is 315 g/mol. The summed E-state index contributed by atoms with van der Waals surface area (Å²) < 4.78 is 40.2. The Morgan fingerprint density at radius 1 is 1.31 bits per heavy atom. The van der Waals surface area contributed by atoms with Crippen LogP contribution in [0, 0.1) is 0 Å². The number of aromatic nitrogens is 2. The van der Waals surface area contributed by atoms with E-state index in [1.807, 2.05) is 4.90 Å². The van der Waals surface area contributed by atoms with E-state index in [0.29, 0.717) is 9.96 Å². The summed E-state index contributed by atoms with van der Waals surface area (Å²) in [6.45, 7) is 1.45. The molecule has 2 rings (SSSR count). The van der Waals surface area contributed by atoms with E-state index in [1.165, 1.54) is 0 Å². The molecule has 1 aliphatic rings. The molecule has 0 bridgehead atoms. The Bertz CT molecular complexity index is 360. The van der Waals surface area contributed by atoms with Gasteiger partial charge in [-0.1, -0.05) is 15.9 Å². The number of halogens is 4. The summed E-state index contributed by atoms with van der Waals surface area (Å²) in [5.74, 6) is -1.03. The number of anilines is 1. The summed E-state index contributed by atoms with van der Waals surface area (Å²) in [7, 11) is 0. The highest BCUT2D eigenvalue weighted by molar-refractivity contribution is 9.09. The highest BCUT2D eigenvalue weighted by atomic mass is 79.9. The van der Waals surface area contributed by atoms with Crippen LogP contribution >= 0.6 is 27.5 Å². The normalized spacial score (nSPS) is 19.1. The van der Waals surface area contributed by atoms with Crippen molar-refractivity contribution in [3.05, 3.63) is 5.82 Å². The molecule has 0 unspecified atom stereocenters. The number of alkyl halides is 4. The molecule has 0 spiro atoms. The first-order valence-corrected chi connectivity index (χ1v) is 6.45. The average Bonchev–Trinajstić information content (AvgIpc) is 2.67. The maximum absolute atomic E-state index is 12.3. The summed E-state index contributed by atoms with van der Waals surface area (Å²) in [5.41, 5.74) is 0. The van der Waals surface area contributed by atoms with Crippen LogP contribution in [0.3, 0.4) is 0 Å². The fraction of sp³-hybridized carbons (Fsp3) is 0.750. The first-order valence-electron chi connectivity index (χ1n) is 4.77. The van der Waals surface area contributed by atoms with Crippen LogP contribution in [0.5, 0.6) is 0 Å². The molecule has 16 heavy (non-hydrogen) atoms. The van der Waals surface area contributed by atoms with E-state index in [0.717, 1.165) is 37.5 Å². The number of rotatable bonds is 1. The van der Waals surface area contributed by atoms with E-state index in [2.05, 4.69) is 25.3 Å². The molecule has 1 saturated heterocycles. The van der Waals surface area contributed by atoms with Gasteiger partial charge in [0.2, 0.25) is 11.0 Å². The van der Waals surface area contributed by atoms with Gasteiger partial charge in [-0.2, -0.15) is 22.5 Å². The van der Waals surface area contributed by atoms with Gasteiger partial charge in [-0.3, -0.25) is 0 Å². The Hall–Kier alpha value is -0.370. The Balaban J connectivity index is 2.08. The molecule has 1 aliphatic heterocycles. The third-order valence-electron chi connectivity index (χ3n) is 2.36. The SMILES string of the molecule is FC(F)(F)c1nsc(N2CCC(Br)CC2)n1. The minimum atomic E-state index is -4.44. The maximum atomic E-state index is 12.3. The minimum absolute atomic E-state index is 0.367. The molecular formula is C8H9BrF3N3S. The van der Waals surface area contributed by atoms with Gasteiger partial charge in [0.1, 0.15) is 0 Å². The van der Waals surface area contributed by atoms with Crippen molar-refractivity contribution in [1.29, 1.82) is 0 Å². The molecule has 8 heteroatoms. The van der Waals surface area contributed by atoms with E-state index in [9.17, 15) is 13.2 Å². The van der Waals surface area contributed by atoms with Gasteiger partial charge < -0.3 is 4.90 Å². The van der Waals surface area contributed by atoms with E-state index in [-0.39, 0.29) is 0 Å². The second kappa shape index (κ2) is 4.48. The molecule has 1 fully saturated rings. The zero-order valence-corrected chi connectivity index (χ0v) is 10.6. The molecule has 1 aromatic heterocycles. The highest BCUT2D eigenvalue weighted by Crippen LogP contribution is 2.31. The summed E-state index contributed by atoms with van der Waals surface area (Å²) in [5, 5.41) is 0.367. The molecule has 0 aliphatic carbocycles. The van der Waals surface area contributed by atoms with Gasteiger partial charge in [0.25, 0.3) is 0 Å². The molecule has 0 N–H and O–H groups in total. The van der Waals surface area contributed by atoms with Crippen LogP contribution in [0.25, 0.3) is 0 Å². The Labute approximate surface area is 103 Å². The van der Waals surface area contributed by atoms with Crippen LogP contribution in [-0.2, 0) is 6.18 Å². The highest BCUT2D eigenvalue weighted by Gasteiger charge is 2.36. The molecule has 0 radical (unpaired) electrons. The quantitative estimate of drug-likeness (QED) is 0.746. The summed E-state index contributed by atoms with van der Waals surface area (Å²) in [4.78, 5) is 5.83. The molecule has 90 valence electrons. The number of nitrogens with zero attached hydrogens (tertiary/aromatic N) is 3. The van der Waals surface area contributed by atoms with E-state index in [1.54, 1.807) is 0 Å². The van der Waals surface area contributed by atoms with Crippen molar-refractivity contribution in [3.63, 3.8) is 0 Å². The number of hydrogen-bond donors (Lipinski definition) is 0. The largest absolute Gasteiger partial charge is 0.452 e. The van der Waals surface area contributed by atoms with Gasteiger partial charge in [-0.25, -0.2) is 0 Å². The lowest BCUT2D eigenvalue weighted by Crippen LogP contribution is -2.33. The summed E-state index contributed by atoms with van der Waals surface area (Å²) in [6.07, 6.45) is -2.61. The zero-order chi connectivity index (χ0) is 11.8. The number of hydrogen-bond acceptors (Lipinski definition) is 4. The second-order valence-corrected chi connectivity index (χ2v) is 5.59. The van der Waals surface area contributed by atoms with Crippen LogP contribution in [0.2, 0.25) is 0 Å². The lowest BCUT2D eigenvalue weighted by molar-refractivity contribution is -0.144. The van der Waals surface area contributed by atoms with Crippen LogP contribution < -0.4 is 4.90 Å². The van der Waals surface area contributed by atoms with Crippen molar-refractivity contribution in [2.24, 2.45) is 0 Å². The van der Waals surface area contributed by atoms with Crippen LogP contribution in [0.4, 0.5) is 18.3 Å². The molecule has 2 heterocycles. The standard InChI is InChI=1S/C8H9BrF3N3S/c9-5-1-3-15(4-2-5)7-13-6(14-16-7)8(10,11)12/h5H,1-4H2. The fourth-order valence-electron chi connectivity index (χ4n) is 1.50. The van der Waals surface area contributed by atoms with Gasteiger partial charge in [-0.15, -0.1) is 0 Å². The summed E-state index contributed by atoms with van der Waals surface area (Å²) in [6, 6.07) is 0.